The molecule has 8 nitrogen and oxygen atoms in total. The van der Waals surface area contributed by atoms with Gasteiger partial charge in [0.1, 0.15) is 0 Å². The molecule has 2 heterocycles. The quantitative estimate of drug-likeness (QED) is 0.347. The summed E-state index contributed by atoms with van der Waals surface area (Å²) in [4.78, 5) is 5.25. The average molecular weight is 531 g/mol. The van der Waals surface area contributed by atoms with E-state index in [0.717, 1.165) is 118 Å². The molecule has 0 spiro atoms. The van der Waals surface area contributed by atoms with Crippen molar-refractivity contribution in [2.75, 3.05) is 105 Å². The molecule has 0 aliphatic carbocycles. The number of nitrogens with zero attached hydrogens (tertiary/aromatic N) is 2. The normalized spacial score (nSPS) is 22.9. The van der Waals surface area contributed by atoms with Gasteiger partial charge in [-0.25, -0.2) is 0 Å². The van der Waals surface area contributed by atoms with Crippen LogP contribution in [0.5, 0.6) is 0 Å². The molecule has 6 N–H and O–H groups in total. The van der Waals surface area contributed by atoms with Gasteiger partial charge < -0.3 is 31.9 Å². The van der Waals surface area contributed by atoms with Crippen molar-refractivity contribution in [1.82, 2.24) is 41.7 Å². The van der Waals surface area contributed by atoms with Crippen LogP contribution in [0, 0.1) is 0 Å². The zero-order valence-corrected chi connectivity index (χ0v) is 24.2. The summed E-state index contributed by atoms with van der Waals surface area (Å²) >= 11 is 0. The average Bonchev–Trinajstić information content (AvgIpc) is 2.95. The molecule has 0 aromatic heterocycles. The topological polar surface area (TPSA) is 78.7 Å². The minimum absolute atomic E-state index is 1.04. The summed E-state index contributed by atoms with van der Waals surface area (Å²) in [5.74, 6) is 0. The first kappa shape index (κ1) is 31.4. The SMILES string of the molecule is c1cc(CN2CCCNCCCNCCCNCC2)ccc1CN1CCCNCCCNCCCNCC1. The Labute approximate surface area is 233 Å². The van der Waals surface area contributed by atoms with E-state index < -0.39 is 0 Å². The number of hydrogen-bond acceptors (Lipinski definition) is 8. The summed E-state index contributed by atoms with van der Waals surface area (Å²) in [6.07, 6.45) is 7.25. The van der Waals surface area contributed by atoms with Crippen LogP contribution in [0.15, 0.2) is 24.3 Å². The molecule has 2 saturated heterocycles. The van der Waals surface area contributed by atoms with Gasteiger partial charge in [-0.2, -0.15) is 0 Å². The predicted molar refractivity (Wildman–Crippen MR) is 162 cm³/mol. The molecule has 0 atom stereocenters. The molecule has 0 radical (unpaired) electrons. The number of hydrogen-bond donors (Lipinski definition) is 6. The van der Waals surface area contributed by atoms with Crippen LogP contribution >= 0.6 is 0 Å². The monoisotopic (exact) mass is 530 g/mol. The third-order valence-electron chi connectivity index (χ3n) is 7.53. The van der Waals surface area contributed by atoms with Gasteiger partial charge in [-0.1, -0.05) is 24.3 Å². The lowest BCUT2D eigenvalue weighted by Crippen LogP contribution is -2.34. The molecular formula is C30H58N8. The first-order valence-corrected chi connectivity index (χ1v) is 15.7. The predicted octanol–water partition coefficient (Wildman–Crippen LogP) is 1.20. The van der Waals surface area contributed by atoms with Crippen molar-refractivity contribution in [2.45, 2.75) is 51.6 Å². The molecule has 218 valence electrons. The molecule has 0 saturated carbocycles. The Kier molecular flexibility index (Phi) is 17.9. The Morgan fingerprint density at radius 1 is 0.368 bits per heavy atom. The number of benzene rings is 1. The highest BCUT2D eigenvalue weighted by molar-refractivity contribution is 5.22. The van der Waals surface area contributed by atoms with Crippen molar-refractivity contribution in [1.29, 1.82) is 0 Å². The molecule has 2 aliphatic rings. The lowest BCUT2D eigenvalue weighted by molar-refractivity contribution is 0.258. The molecule has 2 aliphatic heterocycles. The zero-order valence-electron chi connectivity index (χ0n) is 24.2. The van der Waals surface area contributed by atoms with E-state index in [1.807, 2.05) is 0 Å². The van der Waals surface area contributed by atoms with Crippen molar-refractivity contribution in [3.63, 3.8) is 0 Å². The van der Waals surface area contributed by atoms with Crippen LogP contribution in [0.1, 0.15) is 49.7 Å². The fraction of sp³-hybridized carbons (Fsp3) is 0.800. The van der Waals surface area contributed by atoms with Crippen molar-refractivity contribution in [3.05, 3.63) is 35.4 Å². The summed E-state index contributed by atoms with van der Waals surface area (Å²) in [6, 6.07) is 9.45. The van der Waals surface area contributed by atoms with Gasteiger partial charge in [0.25, 0.3) is 0 Å². The molecule has 1 aromatic carbocycles. The Balaban J connectivity index is 1.45. The molecular weight excluding hydrogens is 472 g/mol. The molecule has 38 heavy (non-hydrogen) atoms. The maximum atomic E-state index is 3.64. The summed E-state index contributed by atoms with van der Waals surface area (Å²) in [5.41, 5.74) is 2.86. The zero-order chi connectivity index (χ0) is 26.4. The Hall–Kier alpha value is -1.10. The molecule has 8 heteroatoms. The Morgan fingerprint density at radius 3 is 1.00 bits per heavy atom. The summed E-state index contributed by atoms with van der Waals surface area (Å²) in [5, 5.41) is 21.6. The summed E-state index contributed by atoms with van der Waals surface area (Å²) in [7, 11) is 0. The van der Waals surface area contributed by atoms with Gasteiger partial charge in [-0.3, -0.25) is 9.80 Å². The third kappa shape index (κ3) is 15.5. The number of nitrogens with one attached hydrogen (secondary N) is 6. The van der Waals surface area contributed by atoms with Crippen molar-refractivity contribution in [3.8, 4) is 0 Å². The maximum absolute atomic E-state index is 3.64. The molecule has 2 fully saturated rings. The van der Waals surface area contributed by atoms with Crippen molar-refractivity contribution < 1.29 is 0 Å². The van der Waals surface area contributed by atoms with Crippen LogP contribution in [-0.4, -0.2) is 115 Å². The smallest absolute Gasteiger partial charge is 0.0234 e. The van der Waals surface area contributed by atoms with Crippen LogP contribution in [0.4, 0.5) is 0 Å². The summed E-state index contributed by atoms with van der Waals surface area (Å²) in [6.45, 7) is 19.9. The minimum atomic E-state index is 1.04. The van der Waals surface area contributed by atoms with E-state index in [1.54, 1.807) is 0 Å². The first-order valence-electron chi connectivity index (χ1n) is 15.7. The van der Waals surface area contributed by atoms with Gasteiger partial charge in [-0.05, 0) is 128 Å². The minimum Gasteiger partial charge on any atom is -0.317 e. The van der Waals surface area contributed by atoms with Crippen LogP contribution in [0.3, 0.4) is 0 Å². The highest BCUT2D eigenvalue weighted by atomic mass is 15.1. The van der Waals surface area contributed by atoms with Gasteiger partial charge in [0.2, 0.25) is 0 Å². The van der Waals surface area contributed by atoms with Crippen LogP contribution in [0.25, 0.3) is 0 Å². The van der Waals surface area contributed by atoms with E-state index in [0.29, 0.717) is 0 Å². The Bertz CT molecular complexity index is 582. The highest BCUT2D eigenvalue weighted by Gasteiger charge is 2.09. The molecule has 0 bridgehead atoms. The lowest BCUT2D eigenvalue weighted by atomic mass is 10.1. The van der Waals surface area contributed by atoms with E-state index in [1.165, 1.54) is 49.7 Å². The van der Waals surface area contributed by atoms with Crippen LogP contribution < -0.4 is 31.9 Å². The lowest BCUT2D eigenvalue weighted by Gasteiger charge is -2.24. The van der Waals surface area contributed by atoms with Crippen LogP contribution in [0.2, 0.25) is 0 Å². The van der Waals surface area contributed by atoms with Gasteiger partial charge in [0.15, 0.2) is 0 Å². The molecule has 1 aromatic rings. The van der Waals surface area contributed by atoms with Crippen molar-refractivity contribution >= 4 is 0 Å². The largest absolute Gasteiger partial charge is 0.317 e. The van der Waals surface area contributed by atoms with Crippen LogP contribution in [-0.2, 0) is 13.1 Å². The van der Waals surface area contributed by atoms with Gasteiger partial charge in [0.05, 0.1) is 0 Å². The fourth-order valence-corrected chi connectivity index (χ4v) is 5.24. The van der Waals surface area contributed by atoms with Gasteiger partial charge in [-0.15, -0.1) is 0 Å². The first-order chi connectivity index (χ1) is 18.9. The highest BCUT2D eigenvalue weighted by Crippen LogP contribution is 2.11. The standard InChI is InChI=1S/C30H58N8/c1-11-31-13-3-17-35-21-25-37(23-5-19-33-15-1)27-29-7-9-30(10-8-29)28-38-24-6-20-34-16-2-12-32-14-4-18-36-22-26-38/h7-10,31-36H,1-6,11-28H2. The van der Waals surface area contributed by atoms with E-state index in [9.17, 15) is 0 Å². The van der Waals surface area contributed by atoms with Gasteiger partial charge in [0, 0.05) is 39.3 Å². The molecule has 3 rings (SSSR count). The second-order valence-electron chi connectivity index (χ2n) is 11.0. The third-order valence-corrected chi connectivity index (χ3v) is 7.53. The second kappa shape index (κ2) is 21.7. The van der Waals surface area contributed by atoms with E-state index in [2.05, 4.69) is 66.0 Å². The molecule has 0 amide bonds. The maximum Gasteiger partial charge on any atom is 0.0234 e. The molecule has 0 unspecified atom stereocenters. The summed E-state index contributed by atoms with van der Waals surface area (Å²) < 4.78 is 0. The van der Waals surface area contributed by atoms with Gasteiger partial charge >= 0.3 is 0 Å². The van der Waals surface area contributed by atoms with Crippen molar-refractivity contribution in [2.24, 2.45) is 0 Å². The van der Waals surface area contributed by atoms with E-state index in [-0.39, 0.29) is 0 Å². The number of rotatable bonds is 4. The fourth-order valence-electron chi connectivity index (χ4n) is 5.24. The van der Waals surface area contributed by atoms with E-state index in [4.69, 9.17) is 0 Å². The Morgan fingerprint density at radius 2 is 0.658 bits per heavy atom. The second-order valence-corrected chi connectivity index (χ2v) is 11.0. The van der Waals surface area contributed by atoms with E-state index >= 15 is 0 Å².